The van der Waals surface area contributed by atoms with Crippen LogP contribution >= 0.6 is 0 Å². The van der Waals surface area contributed by atoms with Gasteiger partial charge in [0.15, 0.2) is 0 Å². The van der Waals surface area contributed by atoms with Gasteiger partial charge in [-0.15, -0.1) is 0 Å². The lowest BCUT2D eigenvalue weighted by Gasteiger charge is -2.17. The van der Waals surface area contributed by atoms with Crippen LogP contribution in [-0.4, -0.2) is 17.6 Å². The Labute approximate surface area is 115 Å². The molecule has 0 amide bonds. The van der Waals surface area contributed by atoms with Crippen molar-refractivity contribution in [2.75, 3.05) is 6.54 Å². The molecule has 1 aliphatic rings. The molecule has 0 bridgehead atoms. The van der Waals surface area contributed by atoms with Crippen LogP contribution in [0.3, 0.4) is 0 Å². The molecule has 3 nitrogen and oxygen atoms in total. The van der Waals surface area contributed by atoms with Crippen LogP contribution in [0.25, 0.3) is 0 Å². The van der Waals surface area contributed by atoms with Crippen molar-refractivity contribution in [2.24, 2.45) is 11.8 Å². The molecule has 0 aliphatic heterocycles. The molecule has 3 heteroatoms. The number of carboxylic acid groups (broad SMARTS) is 1. The Bertz CT molecular complexity index is 454. The van der Waals surface area contributed by atoms with Crippen molar-refractivity contribution in [1.82, 2.24) is 5.32 Å². The summed E-state index contributed by atoms with van der Waals surface area (Å²) >= 11 is 0. The number of aliphatic carboxylic acids is 1. The third kappa shape index (κ3) is 3.57. The summed E-state index contributed by atoms with van der Waals surface area (Å²) < 4.78 is 0. The summed E-state index contributed by atoms with van der Waals surface area (Å²) in [7, 11) is 0. The average molecular weight is 261 g/mol. The van der Waals surface area contributed by atoms with E-state index in [0.29, 0.717) is 6.54 Å². The van der Waals surface area contributed by atoms with Crippen molar-refractivity contribution in [3.63, 3.8) is 0 Å². The van der Waals surface area contributed by atoms with Gasteiger partial charge in [0.2, 0.25) is 0 Å². The van der Waals surface area contributed by atoms with Crippen molar-refractivity contribution in [3.05, 3.63) is 34.9 Å². The third-order valence-electron chi connectivity index (χ3n) is 3.98. The number of carboxylic acids is 1. The minimum atomic E-state index is -0.712. The first-order chi connectivity index (χ1) is 9.08. The van der Waals surface area contributed by atoms with Crippen LogP contribution in [0.5, 0.6) is 0 Å². The number of hydrogen-bond acceptors (Lipinski definition) is 2. The van der Waals surface area contributed by atoms with E-state index < -0.39 is 5.97 Å². The van der Waals surface area contributed by atoms with E-state index in [0.717, 1.165) is 6.54 Å². The molecule has 1 atom stereocenters. The lowest BCUT2D eigenvalue weighted by molar-refractivity contribution is -0.143. The Morgan fingerprint density at radius 2 is 2.05 bits per heavy atom. The quantitative estimate of drug-likeness (QED) is 0.827. The van der Waals surface area contributed by atoms with E-state index in [1.807, 2.05) is 13.8 Å². The minimum Gasteiger partial charge on any atom is -0.481 e. The Balaban J connectivity index is 1.87. The number of rotatable bonds is 6. The number of hydrogen-bond donors (Lipinski definition) is 2. The molecule has 0 fully saturated rings. The first-order valence-corrected chi connectivity index (χ1v) is 7.12. The molecule has 19 heavy (non-hydrogen) atoms. The van der Waals surface area contributed by atoms with E-state index in [1.54, 1.807) is 0 Å². The maximum atomic E-state index is 11.1. The van der Waals surface area contributed by atoms with Crippen molar-refractivity contribution in [2.45, 2.75) is 39.7 Å². The van der Waals surface area contributed by atoms with Gasteiger partial charge in [-0.05, 0) is 41.9 Å². The molecule has 104 valence electrons. The van der Waals surface area contributed by atoms with Gasteiger partial charge in [-0.2, -0.15) is 0 Å². The molecule has 1 unspecified atom stereocenters. The van der Waals surface area contributed by atoms with E-state index in [9.17, 15) is 4.79 Å². The monoisotopic (exact) mass is 261 g/mol. The summed E-state index contributed by atoms with van der Waals surface area (Å²) in [6.45, 7) is 5.19. The van der Waals surface area contributed by atoms with Crippen LogP contribution in [0.4, 0.5) is 0 Å². The van der Waals surface area contributed by atoms with Gasteiger partial charge < -0.3 is 10.4 Å². The van der Waals surface area contributed by atoms with Crippen LogP contribution in [0.1, 0.15) is 37.0 Å². The Kier molecular flexibility index (Phi) is 4.59. The molecule has 0 radical (unpaired) electrons. The lowest BCUT2D eigenvalue weighted by Crippen LogP contribution is -2.31. The molecule has 0 saturated carbocycles. The van der Waals surface area contributed by atoms with Crippen molar-refractivity contribution >= 4 is 5.97 Å². The third-order valence-corrected chi connectivity index (χ3v) is 3.98. The normalized spacial score (nSPS) is 15.5. The van der Waals surface area contributed by atoms with E-state index in [1.165, 1.54) is 36.0 Å². The summed E-state index contributed by atoms with van der Waals surface area (Å²) in [5.74, 6) is -0.865. The van der Waals surface area contributed by atoms with Gasteiger partial charge in [0, 0.05) is 13.1 Å². The van der Waals surface area contributed by atoms with Crippen LogP contribution in [0.15, 0.2) is 18.2 Å². The van der Waals surface area contributed by atoms with Crippen molar-refractivity contribution in [1.29, 1.82) is 0 Å². The molecule has 1 aromatic rings. The highest BCUT2D eigenvalue weighted by Gasteiger charge is 2.20. The fraction of sp³-hybridized carbons (Fsp3) is 0.562. The molecule has 0 heterocycles. The molecule has 1 aliphatic carbocycles. The zero-order valence-electron chi connectivity index (χ0n) is 11.8. The maximum absolute atomic E-state index is 11.1. The molecule has 0 saturated heterocycles. The standard InChI is InChI=1S/C16H23NO2/c1-11(2)15(16(18)19)10-17-9-12-6-7-13-4-3-5-14(13)8-12/h6-8,11,15,17H,3-5,9-10H2,1-2H3,(H,18,19). The van der Waals surface area contributed by atoms with Gasteiger partial charge in [0.25, 0.3) is 0 Å². The summed E-state index contributed by atoms with van der Waals surface area (Å²) in [6, 6.07) is 6.64. The van der Waals surface area contributed by atoms with Gasteiger partial charge >= 0.3 is 5.97 Å². The second-order valence-corrected chi connectivity index (χ2v) is 5.78. The largest absolute Gasteiger partial charge is 0.481 e. The van der Waals surface area contributed by atoms with Crippen LogP contribution in [0.2, 0.25) is 0 Å². The highest BCUT2D eigenvalue weighted by molar-refractivity contribution is 5.70. The Morgan fingerprint density at radius 3 is 2.74 bits per heavy atom. The molecule has 0 spiro atoms. The molecular formula is C16H23NO2. The number of benzene rings is 1. The maximum Gasteiger partial charge on any atom is 0.308 e. The molecule has 0 aromatic heterocycles. The zero-order valence-corrected chi connectivity index (χ0v) is 11.8. The molecule has 2 N–H and O–H groups in total. The SMILES string of the molecule is CC(C)C(CNCc1ccc2c(c1)CCC2)C(=O)O. The Morgan fingerprint density at radius 1 is 1.32 bits per heavy atom. The van der Waals surface area contributed by atoms with Crippen molar-refractivity contribution in [3.8, 4) is 0 Å². The van der Waals surface area contributed by atoms with Crippen LogP contribution in [-0.2, 0) is 24.2 Å². The zero-order chi connectivity index (χ0) is 13.8. The second-order valence-electron chi connectivity index (χ2n) is 5.78. The summed E-state index contributed by atoms with van der Waals surface area (Å²) in [5, 5.41) is 12.4. The van der Waals surface area contributed by atoms with Gasteiger partial charge in [-0.1, -0.05) is 32.0 Å². The molecule has 1 aromatic carbocycles. The number of nitrogens with one attached hydrogen (secondary N) is 1. The first kappa shape index (κ1) is 14.1. The molecular weight excluding hydrogens is 238 g/mol. The second kappa shape index (κ2) is 6.20. The van der Waals surface area contributed by atoms with Crippen molar-refractivity contribution < 1.29 is 9.90 Å². The van der Waals surface area contributed by atoms with E-state index in [2.05, 4.69) is 23.5 Å². The fourth-order valence-corrected chi connectivity index (χ4v) is 2.72. The fourth-order valence-electron chi connectivity index (χ4n) is 2.72. The van der Waals surface area contributed by atoms with Gasteiger partial charge in [-0.3, -0.25) is 4.79 Å². The summed E-state index contributed by atoms with van der Waals surface area (Å²) in [6.07, 6.45) is 3.66. The predicted octanol–water partition coefficient (Wildman–Crippen LogP) is 2.62. The number of aryl methyl sites for hydroxylation is 2. The van der Waals surface area contributed by atoms with Gasteiger partial charge in [0.05, 0.1) is 5.92 Å². The smallest absolute Gasteiger partial charge is 0.308 e. The summed E-state index contributed by atoms with van der Waals surface area (Å²) in [5.41, 5.74) is 4.21. The molecule has 2 rings (SSSR count). The van der Waals surface area contributed by atoms with Crippen LogP contribution in [0, 0.1) is 11.8 Å². The average Bonchev–Trinajstić information content (AvgIpc) is 2.80. The van der Waals surface area contributed by atoms with E-state index in [-0.39, 0.29) is 11.8 Å². The topological polar surface area (TPSA) is 49.3 Å². The van der Waals surface area contributed by atoms with E-state index >= 15 is 0 Å². The predicted molar refractivity (Wildman–Crippen MR) is 76.1 cm³/mol. The highest BCUT2D eigenvalue weighted by Crippen LogP contribution is 2.22. The Hall–Kier alpha value is -1.35. The number of carbonyl (C=O) groups is 1. The van der Waals surface area contributed by atoms with Gasteiger partial charge in [-0.25, -0.2) is 0 Å². The minimum absolute atomic E-state index is 0.157. The lowest BCUT2D eigenvalue weighted by atomic mass is 9.96. The highest BCUT2D eigenvalue weighted by atomic mass is 16.4. The number of fused-ring (bicyclic) bond motifs is 1. The van der Waals surface area contributed by atoms with Gasteiger partial charge in [0.1, 0.15) is 0 Å². The van der Waals surface area contributed by atoms with Crippen LogP contribution < -0.4 is 5.32 Å². The first-order valence-electron chi connectivity index (χ1n) is 7.12. The summed E-state index contributed by atoms with van der Waals surface area (Å²) in [4.78, 5) is 11.1. The van der Waals surface area contributed by atoms with E-state index in [4.69, 9.17) is 5.11 Å².